The normalized spacial score (nSPS) is 10.4. The van der Waals surface area contributed by atoms with Crippen molar-refractivity contribution in [2.75, 3.05) is 5.73 Å². The molecule has 1 nitrogen and oxygen atoms in total. The Balaban J connectivity index is 2.55. The number of hydrogen-bond acceptors (Lipinski definition) is 1. The minimum atomic E-state index is 0.933. The van der Waals surface area contributed by atoms with Crippen LogP contribution in [0.2, 0.25) is 0 Å². The Kier molecular flexibility index (Phi) is 2.95. The lowest BCUT2D eigenvalue weighted by Crippen LogP contribution is -1.97. The largest absolute Gasteiger partial charge is 0.398 e. The lowest BCUT2D eigenvalue weighted by Gasteiger charge is -2.10. The van der Waals surface area contributed by atoms with Crippen molar-refractivity contribution in [1.82, 2.24) is 0 Å². The smallest absolute Gasteiger partial charge is 0.0376 e. The van der Waals surface area contributed by atoms with E-state index < -0.39 is 0 Å². The van der Waals surface area contributed by atoms with Crippen LogP contribution in [0, 0.1) is 6.92 Å². The summed E-state index contributed by atoms with van der Waals surface area (Å²) in [6.45, 7) is 4.21. The van der Waals surface area contributed by atoms with E-state index in [9.17, 15) is 0 Å². The van der Waals surface area contributed by atoms with Crippen LogP contribution in [0.1, 0.15) is 18.1 Å². The molecule has 0 aliphatic heterocycles. The van der Waals surface area contributed by atoms with E-state index in [2.05, 4.69) is 50.2 Å². The van der Waals surface area contributed by atoms with E-state index in [-0.39, 0.29) is 0 Å². The molecular weight excluding hydrogens is 194 g/mol. The van der Waals surface area contributed by atoms with Crippen LogP contribution in [-0.4, -0.2) is 0 Å². The minimum absolute atomic E-state index is 0.933. The lowest BCUT2D eigenvalue weighted by molar-refractivity contribution is 1.14. The first-order valence-electron chi connectivity index (χ1n) is 5.66. The summed E-state index contributed by atoms with van der Waals surface area (Å²) in [5.41, 5.74) is 11.9. The highest BCUT2D eigenvalue weighted by atomic mass is 14.6. The Labute approximate surface area is 96.9 Å². The Bertz CT molecular complexity index is 486. The summed E-state index contributed by atoms with van der Waals surface area (Å²) in [5, 5.41) is 0. The van der Waals surface area contributed by atoms with Crippen molar-refractivity contribution in [1.29, 1.82) is 0 Å². The quantitative estimate of drug-likeness (QED) is 0.751. The first kappa shape index (κ1) is 10.7. The van der Waals surface area contributed by atoms with Gasteiger partial charge in [0, 0.05) is 5.69 Å². The maximum atomic E-state index is 6.04. The number of hydrogen-bond donors (Lipinski definition) is 1. The fourth-order valence-electron chi connectivity index (χ4n) is 1.96. The van der Waals surface area contributed by atoms with Gasteiger partial charge in [0.05, 0.1) is 0 Å². The van der Waals surface area contributed by atoms with E-state index in [1.165, 1.54) is 22.3 Å². The second kappa shape index (κ2) is 4.40. The van der Waals surface area contributed by atoms with Crippen molar-refractivity contribution in [3.63, 3.8) is 0 Å². The molecule has 0 amide bonds. The first-order chi connectivity index (χ1) is 7.72. The second-order valence-electron chi connectivity index (χ2n) is 4.09. The van der Waals surface area contributed by atoms with Gasteiger partial charge < -0.3 is 5.73 Å². The van der Waals surface area contributed by atoms with Gasteiger partial charge in [-0.15, -0.1) is 0 Å². The molecule has 0 unspecified atom stereocenters. The lowest BCUT2D eigenvalue weighted by atomic mass is 9.97. The molecule has 0 atom stereocenters. The zero-order valence-corrected chi connectivity index (χ0v) is 9.83. The van der Waals surface area contributed by atoms with Gasteiger partial charge >= 0.3 is 0 Å². The SMILES string of the molecule is CCc1cc(-c2ccccc2)cc(C)c1N. The summed E-state index contributed by atoms with van der Waals surface area (Å²) in [4.78, 5) is 0. The third-order valence-electron chi connectivity index (χ3n) is 2.96. The Morgan fingerprint density at radius 2 is 1.69 bits per heavy atom. The highest BCUT2D eigenvalue weighted by Crippen LogP contribution is 2.27. The van der Waals surface area contributed by atoms with Crippen LogP contribution in [0.3, 0.4) is 0 Å². The Hall–Kier alpha value is -1.76. The van der Waals surface area contributed by atoms with Gasteiger partial charge in [0.1, 0.15) is 0 Å². The molecule has 0 saturated heterocycles. The molecule has 1 heteroatoms. The summed E-state index contributed by atoms with van der Waals surface area (Å²) in [6.07, 6.45) is 0.980. The predicted octanol–water partition coefficient (Wildman–Crippen LogP) is 3.81. The maximum Gasteiger partial charge on any atom is 0.0376 e. The van der Waals surface area contributed by atoms with Crippen molar-refractivity contribution in [3.05, 3.63) is 53.6 Å². The van der Waals surface area contributed by atoms with Gasteiger partial charge in [-0.3, -0.25) is 0 Å². The number of rotatable bonds is 2. The molecule has 0 aliphatic carbocycles. The van der Waals surface area contributed by atoms with E-state index in [0.29, 0.717) is 0 Å². The van der Waals surface area contributed by atoms with Gasteiger partial charge in [-0.05, 0) is 47.7 Å². The van der Waals surface area contributed by atoms with E-state index in [1.54, 1.807) is 0 Å². The monoisotopic (exact) mass is 211 g/mol. The van der Waals surface area contributed by atoms with Gasteiger partial charge in [0.15, 0.2) is 0 Å². The van der Waals surface area contributed by atoms with E-state index >= 15 is 0 Å². The van der Waals surface area contributed by atoms with Crippen molar-refractivity contribution < 1.29 is 0 Å². The third kappa shape index (κ3) is 1.94. The minimum Gasteiger partial charge on any atom is -0.398 e. The molecule has 2 N–H and O–H groups in total. The number of nitrogens with two attached hydrogens (primary N) is 1. The molecule has 2 rings (SSSR count). The Morgan fingerprint density at radius 1 is 1.00 bits per heavy atom. The Morgan fingerprint density at radius 3 is 2.31 bits per heavy atom. The number of nitrogen functional groups attached to an aromatic ring is 1. The molecule has 16 heavy (non-hydrogen) atoms. The molecular formula is C15H17N. The molecule has 0 spiro atoms. The molecule has 0 aromatic heterocycles. The summed E-state index contributed by atoms with van der Waals surface area (Å²) in [6, 6.07) is 14.8. The topological polar surface area (TPSA) is 26.0 Å². The molecule has 0 bridgehead atoms. The van der Waals surface area contributed by atoms with Crippen molar-refractivity contribution in [2.24, 2.45) is 0 Å². The molecule has 0 heterocycles. The zero-order valence-electron chi connectivity index (χ0n) is 9.83. The molecule has 2 aromatic carbocycles. The molecule has 0 saturated carbocycles. The molecule has 0 radical (unpaired) electrons. The van der Waals surface area contributed by atoms with Gasteiger partial charge in [-0.2, -0.15) is 0 Å². The number of aryl methyl sites for hydroxylation is 2. The first-order valence-corrected chi connectivity index (χ1v) is 5.66. The van der Waals surface area contributed by atoms with E-state index in [4.69, 9.17) is 5.73 Å². The van der Waals surface area contributed by atoms with E-state index in [1.807, 2.05) is 6.07 Å². The standard InChI is InChI=1S/C15H17N/c1-3-12-10-14(9-11(2)15(12)16)13-7-5-4-6-8-13/h4-10H,3,16H2,1-2H3. The van der Waals surface area contributed by atoms with Crippen LogP contribution in [0.5, 0.6) is 0 Å². The van der Waals surface area contributed by atoms with Crippen LogP contribution in [-0.2, 0) is 6.42 Å². The second-order valence-corrected chi connectivity index (χ2v) is 4.09. The van der Waals surface area contributed by atoms with Crippen molar-refractivity contribution >= 4 is 5.69 Å². The van der Waals surface area contributed by atoms with Gasteiger partial charge in [0.25, 0.3) is 0 Å². The zero-order chi connectivity index (χ0) is 11.5. The molecule has 0 aliphatic rings. The summed E-state index contributed by atoms with van der Waals surface area (Å²) < 4.78 is 0. The summed E-state index contributed by atoms with van der Waals surface area (Å²) in [7, 11) is 0. The summed E-state index contributed by atoms with van der Waals surface area (Å²) >= 11 is 0. The van der Waals surface area contributed by atoms with Crippen molar-refractivity contribution in [3.8, 4) is 11.1 Å². The average Bonchev–Trinajstić information content (AvgIpc) is 2.33. The van der Waals surface area contributed by atoms with Crippen LogP contribution in [0.25, 0.3) is 11.1 Å². The predicted molar refractivity (Wildman–Crippen MR) is 70.4 cm³/mol. The highest BCUT2D eigenvalue weighted by Gasteiger charge is 2.04. The van der Waals surface area contributed by atoms with Gasteiger partial charge in [-0.25, -0.2) is 0 Å². The number of anilines is 1. The van der Waals surface area contributed by atoms with Gasteiger partial charge in [0.2, 0.25) is 0 Å². The van der Waals surface area contributed by atoms with Crippen LogP contribution in [0.15, 0.2) is 42.5 Å². The maximum absolute atomic E-state index is 6.04. The van der Waals surface area contributed by atoms with Crippen LogP contribution < -0.4 is 5.73 Å². The highest BCUT2D eigenvalue weighted by molar-refractivity contribution is 5.70. The van der Waals surface area contributed by atoms with Crippen LogP contribution in [0.4, 0.5) is 5.69 Å². The molecule has 0 fully saturated rings. The molecule has 2 aromatic rings. The fraction of sp³-hybridized carbons (Fsp3) is 0.200. The molecule has 82 valence electrons. The van der Waals surface area contributed by atoms with Crippen molar-refractivity contribution in [2.45, 2.75) is 20.3 Å². The van der Waals surface area contributed by atoms with Crippen LogP contribution >= 0.6 is 0 Å². The number of benzene rings is 2. The average molecular weight is 211 g/mol. The van der Waals surface area contributed by atoms with Gasteiger partial charge in [-0.1, -0.05) is 37.3 Å². The fourth-order valence-corrected chi connectivity index (χ4v) is 1.96. The van der Waals surface area contributed by atoms with E-state index in [0.717, 1.165) is 12.1 Å². The third-order valence-corrected chi connectivity index (χ3v) is 2.96. The summed E-state index contributed by atoms with van der Waals surface area (Å²) in [5.74, 6) is 0.